The molecule has 0 N–H and O–H groups in total. The van der Waals surface area contributed by atoms with Gasteiger partial charge in [0.2, 0.25) is 0 Å². The first-order valence-corrected chi connectivity index (χ1v) is 7.16. The smallest absolute Gasteiger partial charge is 0.0232 e. The maximum absolute atomic E-state index is 2.43. The molecular weight excluding hydrogens is 216 g/mol. The molecule has 2 aliphatic rings. The number of hydrogen-bond acceptors (Lipinski definition) is 0. The lowest BCUT2D eigenvalue weighted by molar-refractivity contribution is 0.287. The van der Waals surface area contributed by atoms with Gasteiger partial charge in [0.1, 0.15) is 0 Å². The van der Waals surface area contributed by atoms with Crippen LogP contribution in [-0.2, 0) is 10.8 Å². The molecule has 0 aliphatic heterocycles. The molecule has 0 spiro atoms. The normalized spacial score (nSPS) is 32.9. The molecule has 98 valence electrons. The van der Waals surface area contributed by atoms with Crippen molar-refractivity contribution < 1.29 is 0 Å². The Morgan fingerprint density at radius 2 is 0.944 bits per heavy atom. The van der Waals surface area contributed by atoms with Crippen LogP contribution in [0.25, 0.3) is 0 Å². The van der Waals surface area contributed by atoms with Gasteiger partial charge in [0.15, 0.2) is 0 Å². The molecule has 0 fully saturated rings. The van der Waals surface area contributed by atoms with Crippen LogP contribution in [0.2, 0.25) is 0 Å². The second kappa shape index (κ2) is 2.71. The third-order valence-corrected chi connectivity index (χ3v) is 6.16. The van der Waals surface area contributed by atoms with Crippen LogP contribution in [0.5, 0.6) is 0 Å². The number of rotatable bonds is 0. The summed E-state index contributed by atoms with van der Waals surface area (Å²) in [6.45, 7) is 19.1. The largest absolute Gasteiger partial charge is 0.0590 e. The van der Waals surface area contributed by atoms with Gasteiger partial charge in [-0.05, 0) is 33.1 Å². The van der Waals surface area contributed by atoms with Crippen molar-refractivity contribution in [1.29, 1.82) is 0 Å². The van der Waals surface area contributed by atoms with Gasteiger partial charge in [-0.2, -0.15) is 0 Å². The molecule has 0 heteroatoms. The van der Waals surface area contributed by atoms with Crippen molar-refractivity contribution in [3.8, 4) is 0 Å². The summed E-state index contributed by atoms with van der Waals surface area (Å²) in [5.41, 5.74) is 7.81. The van der Waals surface area contributed by atoms with Crippen molar-refractivity contribution in [1.82, 2.24) is 0 Å². The zero-order valence-electron chi connectivity index (χ0n) is 13.2. The molecular formula is C18H26. The molecule has 2 unspecified atom stereocenters. The summed E-state index contributed by atoms with van der Waals surface area (Å²) in [5, 5.41) is 0. The van der Waals surface area contributed by atoms with Crippen LogP contribution in [-0.4, -0.2) is 0 Å². The average Bonchev–Trinajstić information content (AvgIpc) is 3.00. The standard InChI is InChI=1S/C18H26/c1-15(2,3)17(7)11-9-10-12-14(13(11)17)18(12,8)16(4,5)6/h9-10H,1-8H3. The Hall–Kier alpha value is -0.780. The first-order valence-electron chi connectivity index (χ1n) is 7.16. The first-order chi connectivity index (χ1) is 7.97. The SMILES string of the molecule is CC(C)(C)C1(C)c2ccc3c(c21)C3(C)C(C)(C)C. The molecule has 0 saturated carbocycles. The fourth-order valence-electron chi connectivity index (χ4n) is 3.79. The van der Waals surface area contributed by atoms with E-state index in [9.17, 15) is 0 Å². The van der Waals surface area contributed by atoms with Crippen molar-refractivity contribution in [3.63, 3.8) is 0 Å². The lowest BCUT2D eigenvalue weighted by Gasteiger charge is -2.30. The molecule has 0 saturated heterocycles. The Morgan fingerprint density at radius 3 is 1.17 bits per heavy atom. The minimum Gasteiger partial charge on any atom is -0.0590 e. The molecule has 1 aromatic rings. The van der Waals surface area contributed by atoms with Crippen LogP contribution in [0.15, 0.2) is 12.1 Å². The van der Waals surface area contributed by atoms with Crippen LogP contribution < -0.4 is 0 Å². The van der Waals surface area contributed by atoms with Gasteiger partial charge >= 0.3 is 0 Å². The van der Waals surface area contributed by atoms with E-state index in [0.717, 1.165) is 0 Å². The molecule has 0 heterocycles. The first kappa shape index (κ1) is 12.3. The fourth-order valence-corrected chi connectivity index (χ4v) is 3.79. The third-order valence-electron chi connectivity index (χ3n) is 6.16. The van der Waals surface area contributed by atoms with Crippen LogP contribution in [0, 0.1) is 10.8 Å². The predicted octanol–water partition coefficient (Wildman–Crippen LogP) is 5.02. The topological polar surface area (TPSA) is 0 Å². The van der Waals surface area contributed by atoms with Crippen molar-refractivity contribution >= 4 is 0 Å². The molecule has 1 aromatic carbocycles. The van der Waals surface area contributed by atoms with Crippen LogP contribution in [0.4, 0.5) is 0 Å². The van der Waals surface area contributed by atoms with Gasteiger partial charge in [-0.25, -0.2) is 0 Å². The summed E-state index contributed by atoms with van der Waals surface area (Å²) in [7, 11) is 0. The zero-order chi connectivity index (χ0) is 13.7. The fraction of sp³-hybridized carbons (Fsp3) is 0.667. The van der Waals surface area contributed by atoms with E-state index in [1.54, 1.807) is 22.3 Å². The van der Waals surface area contributed by atoms with Gasteiger partial charge in [-0.3, -0.25) is 0 Å². The van der Waals surface area contributed by atoms with E-state index in [1.165, 1.54) is 0 Å². The monoisotopic (exact) mass is 242 g/mol. The van der Waals surface area contributed by atoms with Gasteiger partial charge in [-0.1, -0.05) is 67.5 Å². The van der Waals surface area contributed by atoms with Gasteiger partial charge in [0, 0.05) is 10.8 Å². The summed E-state index contributed by atoms with van der Waals surface area (Å²) < 4.78 is 0. The molecule has 3 rings (SSSR count). The van der Waals surface area contributed by atoms with Crippen molar-refractivity contribution in [3.05, 3.63) is 34.4 Å². The maximum atomic E-state index is 2.43. The molecule has 0 bridgehead atoms. The molecule has 0 nitrogen and oxygen atoms in total. The van der Waals surface area contributed by atoms with Gasteiger partial charge < -0.3 is 0 Å². The molecule has 2 aliphatic carbocycles. The quantitative estimate of drug-likeness (QED) is 0.599. The Bertz CT molecular complexity index is 500. The number of hydrogen-bond donors (Lipinski definition) is 0. The summed E-state index contributed by atoms with van der Waals surface area (Å²) in [4.78, 5) is 0. The highest BCUT2D eigenvalue weighted by atomic mass is 14.7. The number of benzene rings is 1. The van der Waals surface area contributed by atoms with Crippen LogP contribution in [0.3, 0.4) is 0 Å². The summed E-state index contributed by atoms with van der Waals surface area (Å²) in [6, 6.07) is 4.77. The minimum atomic E-state index is 0.309. The molecule has 0 amide bonds. The second-order valence-corrected chi connectivity index (χ2v) is 8.66. The van der Waals surface area contributed by atoms with E-state index in [4.69, 9.17) is 0 Å². The Kier molecular flexibility index (Phi) is 1.85. The Balaban J connectivity index is 2.13. The summed E-state index contributed by atoms with van der Waals surface area (Å²) >= 11 is 0. The van der Waals surface area contributed by atoms with Gasteiger partial charge in [0.05, 0.1) is 0 Å². The van der Waals surface area contributed by atoms with E-state index in [-0.39, 0.29) is 0 Å². The average molecular weight is 242 g/mol. The van der Waals surface area contributed by atoms with Gasteiger partial charge in [0.25, 0.3) is 0 Å². The third kappa shape index (κ3) is 1.05. The van der Waals surface area contributed by atoms with Crippen molar-refractivity contribution in [2.45, 2.75) is 66.2 Å². The lowest BCUT2D eigenvalue weighted by atomic mass is 9.73. The lowest BCUT2D eigenvalue weighted by Crippen LogP contribution is -2.27. The van der Waals surface area contributed by atoms with Crippen molar-refractivity contribution in [2.75, 3.05) is 0 Å². The molecule has 18 heavy (non-hydrogen) atoms. The molecule has 0 radical (unpaired) electrons. The van der Waals surface area contributed by atoms with Crippen molar-refractivity contribution in [2.24, 2.45) is 10.8 Å². The Labute approximate surface area is 112 Å². The van der Waals surface area contributed by atoms with Gasteiger partial charge in [-0.15, -0.1) is 0 Å². The predicted molar refractivity (Wildman–Crippen MR) is 78.3 cm³/mol. The summed E-state index contributed by atoms with van der Waals surface area (Å²) in [5.74, 6) is 0. The molecule has 2 atom stereocenters. The molecule has 0 aromatic heterocycles. The summed E-state index contributed by atoms with van der Waals surface area (Å²) in [6.07, 6.45) is 0. The highest BCUT2D eigenvalue weighted by molar-refractivity contribution is 5.78. The highest BCUT2D eigenvalue weighted by Crippen LogP contribution is 2.72. The highest BCUT2D eigenvalue weighted by Gasteiger charge is 2.65. The maximum Gasteiger partial charge on any atom is 0.0232 e. The second-order valence-electron chi connectivity index (χ2n) is 8.66. The Morgan fingerprint density at radius 1 is 0.667 bits per heavy atom. The van der Waals surface area contributed by atoms with E-state index in [0.29, 0.717) is 21.7 Å². The van der Waals surface area contributed by atoms with Crippen LogP contribution >= 0.6 is 0 Å². The van der Waals surface area contributed by atoms with E-state index < -0.39 is 0 Å². The van der Waals surface area contributed by atoms with E-state index in [2.05, 4.69) is 67.5 Å². The number of fused-ring (bicyclic) bond motifs is 3. The van der Waals surface area contributed by atoms with E-state index in [1.807, 2.05) is 0 Å². The van der Waals surface area contributed by atoms with E-state index >= 15 is 0 Å². The van der Waals surface area contributed by atoms with Crippen LogP contribution in [0.1, 0.15) is 77.6 Å². The zero-order valence-corrected chi connectivity index (χ0v) is 13.2. The minimum absolute atomic E-state index is 0.309.